The van der Waals surface area contributed by atoms with E-state index in [4.69, 9.17) is 14.2 Å². The molecule has 1 aliphatic rings. The van der Waals surface area contributed by atoms with Gasteiger partial charge in [0, 0.05) is 63.2 Å². The van der Waals surface area contributed by atoms with Gasteiger partial charge in [-0.25, -0.2) is 4.79 Å². The number of aromatic nitrogens is 2. The number of hydrogen-bond donors (Lipinski definition) is 0. The molecule has 1 aromatic carbocycles. The fourth-order valence-corrected chi connectivity index (χ4v) is 4.39. The third-order valence-corrected chi connectivity index (χ3v) is 6.20. The van der Waals surface area contributed by atoms with Crippen LogP contribution >= 0.6 is 0 Å². The Balaban J connectivity index is 1.57. The van der Waals surface area contributed by atoms with Gasteiger partial charge in [0.15, 0.2) is 6.10 Å². The van der Waals surface area contributed by atoms with Crippen molar-refractivity contribution in [2.75, 3.05) is 33.9 Å². The van der Waals surface area contributed by atoms with Crippen LogP contribution in [0, 0.1) is 0 Å². The predicted molar refractivity (Wildman–Crippen MR) is 132 cm³/mol. The zero-order valence-electron chi connectivity index (χ0n) is 20.4. The van der Waals surface area contributed by atoms with Crippen molar-refractivity contribution in [3.63, 3.8) is 0 Å². The summed E-state index contributed by atoms with van der Waals surface area (Å²) in [4.78, 5) is 45.1. The van der Waals surface area contributed by atoms with Gasteiger partial charge in [-0.1, -0.05) is 36.4 Å². The van der Waals surface area contributed by atoms with Crippen molar-refractivity contribution in [1.29, 1.82) is 0 Å². The molecule has 0 saturated carbocycles. The second-order valence-corrected chi connectivity index (χ2v) is 8.33. The first-order chi connectivity index (χ1) is 17.5. The summed E-state index contributed by atoms with van der Waals surface area (Å²) in [6.45, 7) is 1.09. The fraction of sp³-hybridized carbons (Fsp3) is 0.333. The molecule has 0 unspecified atom stereocenters. The van der Waals surface area contributed by atoms with Crippen molar-refractivity contribution in [3.05, 3.63) is 93.7 Å². The zero-order valence-corrected chi connectivity index (χ0v) is 20.4. The van der Waals surface area contributed by atoms with Crippen LogP contribution in [0.1, 0.15) is 33.4 Å². The SMILES string of the molecule is COC(=O)c1c(OCCc2ccccn2)cc(=O)n2c1CCN(C(=O)[C@@H](OC)c1ccccc1)CC2. The summed E-state index contributed by atoms with van der Waals surface area (Å²) in [6.07, 6.45) is 1.74. The summed E-state index contributed by atoms with van der Waals surface area (Å²) in [5.74, 6) is -0.616. The number of hydrogen-bond acceptors (Lipinski definition) is 7. The van der Waals surface area contributed by atoms with Crippen LogP contribution in [0.5, 0.6) is 5.75 Å². The van der Waals surface area contributed by atoms with E-state index < -0.39 is 12.1 Å². The molecule has 0 saturated heterocycles. The molecule has 0 spiro atoms. The van der Waals surface area contributed by atoms with Gasteiger partial charge in [0.05, 0.1) is 13.7 Å². The number of rotatable bonds is 8. The molecule has 1 atom stereocenters. The smallest absolute Gasteiger partial charge is 0.343 e. The molecule has 9 nitrogen and oxygen atoms in total. The summed E-state index contributed by atoms with van der Waals surface area (Å²) >= 11 is 0. The van der Waals surface area contributed by atoms with Gasteiger partial charge < -0.3 is 23.7 Å². The molecule has 9 heteroatoms. The molecule has 0 fully saturated rings. The molecule has 36 heavy (non-hydrogen) atoms. The Bertz CT molecular complexity index is 1260. The Morgan fingerprint density at radius 3 is 2.50 bits per heavy atom. The molecule has 3 aromatic rings. The van der Waals surface area contributed by atoms with E-state index in [0.29, 0.717) is 25.2 Å². The maximum atomic E-state index is 13.3. The lowest BCUT2D eigenvalue weighted by atomic mass is 10.1. The minimum atomic E-state index is -0.755. The van der Waals surface area contributed by atoms with E-state index in [1.54, 1.807) is 11.1 Å². The van der Waals surface area contributed by atoms with Gasteiger partial charge in [-0.3, -0.25) is 14.6 Å². The highest BCUT2D eigenvalue weighted by atomic mass is 16.5. The van der Waals surface area contributed by atoms with Crippen molar-refractivity contribution in [3.8, 4) is 5.75 Å². The lowest BCUT2D eigenvalue weighted by Gasteiger charge is -2.25. The highest BCUT2D eigenvalue weighted by molar-refractivity contribution is 5.93. The summed E-state index contributed by atoms with van der Waals surface area (Å²) in [5.41, 5.74) is 1.99. The second-order valence-electron chi connectivity index (χ2n) is 8.33. The Labute approximate surface area is 209 Å². The number of benzene rings is 1. The minimum absolute atomic E-state index is 0.174. The highest BCUT2D eigenvalue weighted by Gasteiger charge is 2.30. The third-order valence-electron chi connectivity index (χ3n) is 6.20. The van der Waals surface area contributed by atoms with Crippen LogP contribution < -0.4 is 10.3 Å². The Morgan fingerprint density at radius 2 is 1.81 bits per heavy atom. The quantitative estimate of drug-likeness (QED) is 0.446. The van der Waals surface area contributed by atoms with Crippen LogP contribution in [0.3, 0.4) is 0 Å². The van der Waals surface area contributed by atoms with Crippen molar-refractivity contribution >= 4 is 11.9 Å². The molecule has 0 N–H and O–H groups in total. The highest BCUT2D eigenvalue weighted by Crippen LogP contribution is 2.26. The average molecular weight is 492 g/mol. The van der Waals surface area contributed by atoms with E-state index in [9.17, 15) is 14.4 Å². The Morgan fingerprint density at radius 1 is 1.03 bits per heavy atom. The monoisotopic (exact) mass is 491 g/mol. The minimum Gasteiger partial charge on any atom is -0.492 e. The first-order valence-corrected chi connectivity index (χ1v) is 11.8. The van der Waals surface area contributed by atoms with Crippen LogP contribution in [0.4, 0.5) is 0 Å². The number of ether oxygens (including phenoxy) is 3. The third kappa shape index (κ3) is 5.46. The Kier molecular flexibility index (Phi) is 8.12. The molecule has 2 aromatic heterocycles. The van der Waals surface area contributed by atoms with Gasteiger partial charge in [-0.15, -0.1) is 0 Å². The molecule has 0 bridgehead atoms. The molecular weight excluding hydrogens is 462 g/mol. The summed E-state index contributed by atoms with van der Waals surface area (Å²) < 4.78 is 18.0. The van der Waals surface area contributed by atoms with E-state index in [-0.39, 0.29) is 42.4 Å². The van der Waals surface area contributed by atoms with E-state index >= 15 is 0 Å². The number of fused-ring (bicyclic) bond motifs is 1. The molecule has 0 aliphatic carbocycles. The van der Waals surface area contributed by atoms with Crippen molar-refractivity contribution in [2.24, 2.45) is 0 Å². The van der Waals surface area contributed by atoms with Gasteiger partial charge in [-0.2, -0.15) is 0 Å². The number of methoxy groups -OCH3 is 2. The van der Waals surface area contributed by atoms with E-state index in [0.717, 1.165) is 11.3 Å². The topological polar surface area (TPSA) is 100.0 Å². The lowest BCUT2D eigenvalue weighted by molar-refractivity contribution is -0.142. The number of pyridine rings is 2. The molecular formula is C27H29N3O6. The van der Waals surface area contributed by atoms with E-state index in [1.807, 2.05) is 48.5 Å². The van der Waals surface area contributed by atoms with Gasteiger partial charge in [-0.05, 0) is 17.7 Å². The van der Waals surface area contributed by atoms with E-state index in [1.165, 1.54) is 24.9 Å². The maximum Gasteiger partial charge on any atom is 0.343 e. The summed E-state index contributed by atoms with van der Waals surface area (Å²) in [7, 11) is 2.79. The summed E-state index contributed by atoms with van der Waals surface area (Å²) in [5, 5.41) is 0. The molecule has 3 heterocycles. The molecule has 4 rings (SSSR count). The number of esters is 1. The van der Waals surface area contributed by atoms with Gasteiger partial charge in [0.2, 0.25) is 0 Å². The molecule has 0 radical (unpaired) electrons. The van der Waals surface area contributed by atoms with Crippen molar-refractivity contribution in [1.82, 2.24) is 14.5 Å². The van der Waals surface area contributed by atoms with Crippen LogP contribution in [-0.2, 0) is 33.7 Å². The maximum absolute atomic E-state index is 13.3. The fourth-order valence-electron chi connectivity index (χ4n) is 4.39. The lowest BCUT2D eigenvalue weighted by Crippen LogP contribution is -2.38. The first-order valence-electron chi connectivity index (χ1n) is 11.8. The van der Waals surface area contributed by atoms with Crippen molar-refractivity contribution < 1.29 is 23.8 Å². The number of nitrogens with zero attached hydrogens (tertiary/aromatic N) is 3. The molecule has 188 valence electrons. The van der Waals surface area contributed by atoms with Crippen LogP contribution in [0.2, 0.25) is 0 Å². The van der Waals surface area contributed by atoms with Crippen LogP contribution in [0.15, 0.2) is 65.6 Å². The van der Waals surface area contributed by atoms with Crippen LogP contribution in [-0.4, -0.2) is 60.2 Å². The van der Waals surface area contributed by atoms with Gasteiger partial charge in [0.1, 0.15) is 11.3 Å². The van der Waals surface area contributed by atoms with Gasteiger partial charge in [0.25, 0.3) is 11.5 Å². The Hall–Kier alpha value is -3.98. The standard InChI is InChI=1S/C27H29N3O6/c1-34-25(19-8-4-3-5-9-19)26(32)29-14-11-21-24(27(33)35-2)22(18-23(31)30(21)16-15-29)36-17-12-20-10-6-7-13-28-20/h3-10,13,18,25H,11-12,14-17H2,1-2H3/t25-/m0/s1. The zero-order chi connectivity index (χ0) is 25.5. The van der Waals surface area contributed by atoms with E-state index in [2.05, 4.69) is 4.98 Å². The van der Waals surface area contributed by atoms with Gasteiger partial charge >= 0.3 is 5.97 Å². The van der Waals surface area contributed by atoms with Crippen LogP contribution in [0.25, 0.3) is 0 Å². The second kappa shape index (κ2) is 11.6. The number of carbonyl (C=O) groups is 2. The number of amides is 1. The number of carbonyl (C=O) groups excluding carboxylic acids is 2. The van der Waals surface area contributed by atoms with Crippen molar-refractivity contribution in [2.45, 2.75) is 25.5 Å². The predicted octanol–water partition coefficient (Wildman–Crippen LogP) is 2.42. The molecule has 1 amide bonds. The normalized spacial score (nSPS) is 13.9. The summed E-state index contributed by atoms with van der Waals surface area (Å²) in [6, 6.07) is 16.2. The first kappa shape index (κ1) is 25.1. The average Bonchev–Trinajstić information content (AvgIpc) is 3.14. The molecule has 1 aliphatic heterocycles. The largest absolute Gasteiger partial charge is 0.492 e.